The standard InChI is InChI=1S/C20H15F2N5O2/c1-12-18(19(28)24-17-6-2-5-16-15(17)4-3-11-23-16)25-26-27(12)13-7-9-14(10-8-13)29-20(21)22/h2-11,20H,1H3,(H,24,28). The molecule has 0 aliphatic heterocycles. The lowest BCUT2D eigenvalue weighted by Crippen LogP contribution is -2.14. The van der Waals surface area contributed by atoms with E-state index in [1.54, 1.807) is 43.5 Å². The fourth-order valence-electron chi connectivity index (χ4n) is 2.95. The van der Waals surface area contributed by atoms with Crippen LogP contribution in [0.4, 0.5) is 14.5 Å². The average molecular weight is 395 g/mol. The van der Waals surface area contributed by atoms with E-state index in [4.69, 9.17) is 0 Å². The summed E-state index contributed by atoms with van der Waals surface area (Å²) in [6, 6.07) is 15.0. The highest BCUT2D eigenvalue weighted by atomic mass is 19.3. The molecule has 146 valence electrons. The van der Waals surface area contributed by atoms with Gasteiger partial charge in [0.1, 0.15) is 5.75 Å². The summed E-state index contributed by atoms with van der Waals surface area (Å²) in [6.45, 7) is -1.20. The lowest BCUT2D eigenvalue weighted by Gasteiger charge is -2.08. The Morgan fingerprint density at radius 2 is 1.90 bits per heavy atom. The fourth-order valence-corrected chi connectivity index (χ4v) is 2.95. The van der Waals surface area contributed by atoms with E-state index in [2.05, 4.69) is 25.3 Å². The Kier molecular flexibility index (Phi) is 4.86. The van der Waals surface area contributed by atoms with Gasteiger partial charge >= 0.3 is 6.61 Å². The highest BCUT2D eigenvalue weighted by Crippen LogP contribution is 2.23. The Hall–Kier alpha value is -3.88. The van der Waals surface area contributed by atoms with Crippen LogP contribution < -0.4 is 10.1 Å². The van der Waals surface area contributed by atoms with Gasteiger partial charge in [-0.3, -0.25) is 9.78 Å². The number of nitrogens with zero attached hydrogens (tertiary/aromatic N) is 4. The number of fused-ring (bicyclic) bond motifs is 1. The molecule has 0 saturated heterocycles. The highest BCUT2D eigenvalue weighted by molar-refractivity contribution is 6.08. The molecular weight excluding hydrogens is 380 g/mol. The second-order valence-corrected chi connectivity index (χ2v) is 6.14. The Morgan fingerprint density at radius 1 is 1.10 bits per heavy atom. The summed E-state index contributed by atoms with van der Waals surface area (Å²) >= 11 is 0. The van der Waals surface area contributed by atoms with Crippen molar-refractivity contribution in [1.29, 1.82) is 0 Å². The number of aromatic nitrogens is 4. The van der Waals surface area contributed by atoms with E-state index >= 15 is 0 Å². The number of hydrogen-bond donors (Lipinski definition) is 1. The summed E-state index contributed by atoms with van der Waals surface area (Å²) in [5.41, 5.74) is 2.59. The smallest absolute Gasteiger partial charge is 0.387 e. The zero-order valence-electron chi connectivity index (χ0n) is 15.2. The molecule has 4 aromatic rings. The zero-order chi connectivity index (χ0) is 20.4. The molecule has 0 fully saturated rings. The number of pyridine rings is 1. The van der Waals surface area contributed by atoms with Crippen LogP contribution in [0.1, 0.15) is 16.2 Å². The lowest BCUT2D eigenvalue weighted by atomic mass is 10.1. The van der Waals surface area contributed by atoms with Gasteiger partial charge in [0.25, 0.3) is 5.91 Å². The van der Waals surface area contributed by atoms with Crippen LogP contribution in [-0.2, 0) is 0 Å². The number of anilines is 1. The molecule has 2 heterocycles. The molecule has 0 bridgehead atoms. The maximum absolute atomic E-state index is 12.7. The fraction of sp³-hybridized carbons (Fsp3) is 0.100. The van der Waals surface area contributed by atoms with Crippen LogP contribution in [0.25, 0.3) is 16.6 Å². The number of carbonyl (C=O) groups excluding carboxylic acids is 1. The first kappa shape index (κ1) is 18.5. The maximum atomic E-state index is 12.7. The van der Waals surface area contributed by atoms with E-state index in [1.807, 2.05) is 12.1 Å². The molecule has 0 aliphatic rings. The molecule has 4 rings (SSSR count). The van der Waals surface area contributed by atoms with E-state index in [0.29, 0.717) is 17.1 Å². The Morgan fingerprint density at radius 3 is 2.66 bits per heavy atom. The number of amides is 1. The van der Waals surface area contributed by atoms with Gasteiger partial charge in [0.15, 0.2) is 5.69 Å². The summed E-state index contributed by atoms with van der Waals surface area (Å²) in [4.78, 5) is 17.0. The predicted molar refractivity (Wildman–Crippen MR) is 102 cm³/mol. The average Bonchev–Trinajstić information content (AvgIpc) is 3.10. The molecule has 0 aliphatic carbocycles. The van der Waals surface area contributed by atoms with Gasteiger partial charge in [-0.2, -0.15) is 8.78 Å². The van der Waals surface area contributed by atoms with Crippen molar-refractivity contribution < 1.29 is 18.3 Å². The first-order valence-corrected chi connectivity index (χ1v) is 8.65. The van der Waals surface area contributed by atoms with Crippen molar-refractivity contribution >= 4 is 22.5 Å². The van der Waals surface area contributed by atoms with Gasteiger partial charge in [0.05, 0.1) is 22.6 Å². The lowest BCUT2D eigenvalue weighted by molar-refractivity contribution is -0.0498. The number of ether oxygens (including phenoxy) is 1. The van der Waals surface area contributed by atoms with Crippen LogP contribution in [-0.4, -0.2) is 32.5 Å². The van der Waals surface area contributed by atoms with Crippen LogP contribution in [0.15, 0.2) is 60.8 Å². The van der Waals surface area contributed by atoms with E-state index in [9.17, 15) is 13.6 Å². The number of alkyl halides is 2. The summed E-state index contributed by atoms with van der Waals surface area (Å²) in [6.07, 6.45) is 1.68. The number of hydrogen-bond acceptors (Lipinski definition) is 5. The van der Waals surface area contributed by atoms with Crippen LogP contribution in [0.5, 0.6) is 5.75 Å². The van der Waals surface area contributed by atoms with Gasteiger partial charge in [-0.05, 0) is 55.5 Å². The molecule has 2 aromatic heterocycles. The number of carbonyl (C=O) groups is 1. The number of halogens is 2. The topological polar surface area (TPSA) is 81.9 Å². The zero-order valence-corrected chi connectivity index (χ0v) is 15.2. The van der Waals surface area contributed by atoms with Crippen molar-refractivity contribution in [2.45, 2.75) is 13.5 Å². The van der Waals surface area contributed by atoms with E-state index in [-0.39, 0.29) is 11.4 Å². The van der Waals surface area contributed by atoms with Gasteiger partial charge in [-0.1, -0.05) is 11.3 Å². The predicted octanol–water partition coefficient (Wildman–Crippen LogP) is 3.98. The molecule has 0 spiro atoms. The summed E-state index contributed by atoms with van der Waals surface area (Å²) in [5, 5.41) is 11.6. The molecule has 1 amide bonds. The van der Waals surface area contributed by atoms with E-state index in [0.717, 1.165) is 10.9 Å². The van der Waals surface area contributed by atoms with Crippen LogP contribution in [0.2, 0.25) is 0 Å². The van der Waals surface area contributed by atoms with Crippen molar-refractivity contribution in [2.75, 3.05) is 5.32 Å². The molecule has 7 nitrogen and oxygen atoms in total. The molecule has 29 heavy (non-hydrogen) atoms. The SMILES string of the molecule is Cc1c(C(=O)Nc2cccc3ncccc23)nnn1-c1ccc(OC(F)F)cc1. The largest absolute Gasteiger partial charge is 0.435 e. The van der Waals surface area contributed by atoms with Gasteiger partial charge in [-0.15, -0.1) is 5.10 Å². The van der Waals surface area contributed by atoms with E-state index in [1.165, 1.54) is 16.8 Å². The minimum atomic E-state index is -2.89. The molecule has 1 N–H and O–H groups in total. The minimum absolute atomic E-state index is 0.0315. The summed E-state index contributed by atoms with van der Waals surface area (Å²) < 4.78 is 30.3. The number of benzene rings is 2. The number of rotatable bonds is 5. The molecule has 0 atom stereocenters. The third-order valence-corrected chi connectivity index (χ3v) is 4.31. The van der Waals surface area contributed by atoms with Crippen molar-refractivity contribution in [3.8, 4) is 11.4 Å². The van der Waals surface area contributed by atoms with Crippen molar-refractivity contribution in [1.82, 2.24) is 20.0 Å². The van der Waals surface area contributed by atoms with E-state index < -0.39 is 12.5 Å². The van der Waals surface area contributed by atoms with Crippen LogP contribution in [0.3, 0.4) is 0 Å². The van der Waals surface area contributed by atoms with Gasteiger partial charge in [-0.25, -0.2) is 4.68 Å². The Bertz CT molecular complexity index is 1170. The second-order valence-electron chi connectivity index (χ2n) is 6.14. The second kappa shape index (κ2) is 7.63. The third kappa shape index (κ3) is 3.75. The third-order valence-electron chi connectivity index (χ3n) is 4.31. The molecule has 2 aromatic carbocycles. The van der Waals surface area contributed by atoms with Crippen molar-refractivity contribution in [3.63, 3.8) is 0 Å². The Balaban J connectivity index is 1.58. The van der Waals surface area contributed by atoms with Crippen molar-refractivity contribution in [2.24, 2.45) is 0 Å². The molecule has 9 heteroatoms. The molecular formula is C20H15F2N5O2. The van der Waals surface area contributed by atoms with Crippen LogP contribution in [0, 0.1) is 6.92 Å². The minimum Gasteiger partial charge on any atom is -0.435 e. The van der Waals surface area contributed by atoms with Crippen molar-refractivity contribution in [3.05, 3.63) is 72.2 Å². The Labute approximate surface area is 163 Å². The molecule has 0 radical (unpaired) electrons. The quantitative estimate of drug-likeness (QED) is 0.553. The van der Waals surface area contributed by atoms with Gasteiger partial charge < -0.3 is 10.1 Å². The normalized spacial score (nSPS) is 11.0. The van der Waals surface area contributed by atoms with Gasteiger partial charge in [0.2, 0.25) is 0 Å². The first-order valence-electron chi connectivity index (χ1n) is 8.65. The monoisotopic (exact) mass is 395 g/mol. The van der Waals surface area contributed by atoms with Crippen LogP contribution >= 0.6 is 0 Å². The van der Waals surface area contributed by atoms with Gasteiger partial charge in [0, 0.05) is 11.6 Å². The maximum Gasteiger partial charge on any atom is 0.387 e. The first-order chi connectivity index (χ1) is 14.0. The highest BCUT2D eigenvalue weighted by Gasteiger charge is 2.18. The summed E-state index contributed by atoms with van der Waals surface area (Å²) in [7, 11) is 0. The summed E-state index contributed by atoms with van der Waals surface area (Å²) in [5.74, 6) is -0.383. The molecule has 0 unspecified atom stereocenters. The number of nitrogens with one attached hydrogen (secondary N) is 1. The molecule has 0 saturated carbocycles.